The lowest BCUT2D eigenvalue weighted by molar-refractivity contribution is -0.121. The predicted molar refractivity (Wildman–Crippen MR) is 116 cm³/mol. The zero-order chi connectivity index (χ0) is 20.8. The number of nitrogens with one attached hydrogen (secondary N) is 1. The number of carbonyl (C=O) groups excluding carboxylic acids is 1. The van der Waals surface area contributed by atoms with Crippen LogP contribution < -0.4 is 10.1 Å². The zero-order valence-corrected chi connectivity index (χ0v) is 17.4. The van der Waals surface area contributed by atoms with E-state index >= 15 is 0 Å². The molecular formula is C25H28N2O3. The van der Waals surface area contributed by atoms with Crippen LogP contribution in [-0.4, -0.2) is 24.5 Å². The van der Waals surface area contributed by atoms with Gasteiger partial charge < -0.3 is 14.5 Å². The molecule has 5 heteroatoms. The van der Waals surface area contributed by atoms with Crippen molar-refractivity contribution in [2.24, 2.45) is 0 Å². The molecule has 0 bridgehead atoms. The summed E-state index contributed by atoms with van der Waals surface area (Å²) < 4.78 is 11.4. The third-order valence-corrected chi connectivity index (χ3v) is 6.04. The fraction of sp³-hybridized carbons (Fsp3) is 0.360. The molecule has 0 unspecified atom stereocenters. The Balaban J connectivity index is 1.35. The molecule has 0 radical (unpaired) electrons. The van der Waals surface area contributed by atoms with E-state index in [-0.39, 0.29) is 11.3 Å². The molecular weight excluding hydrogens is 376 g/mol. The quantitative estimate of drug-likeness (QED) is 0.579. The van der Waals surface area contributed by atoms with Crippen LogP contribution in [0.5, 0.6) is 5.75 Å². The van der Waals surface area contributed by atoms with Crippen LogP contribution >= 0.6 is 0 Å². The summed E-state index contributed by atoms with van der Waals surface area (Å²) in [5, 5.41) is 3.16. The first-order valence-corrected chi connectivity index (χ1v) is 10.6. The number of hydrogen-bond donors (Lipinski definition) is 1. The Morgan fingerprint density at radius 1 is 1.10 bits per heavy atom. The van der Waals surface area contributed by atoms with E-state index in [9.17, 15) is 4.79 Å². The van der Waals surface area contributed by atoms with E-state index in [1.165, 1.54) is 18.4 Å². The molecule has 0 spiro atoms. The molecule has 0 saturated heterocycles. The summed E-state index contributed by atoms with van der Waals surface area (Å²) in [4.78, 5) is 16.9. The second-order valence-electron chi connectivity index (χ2n) is 7.95. The van der Waals surface area contributed by atoms with Crippen LogP contribution in [0.25, 0.3) is 11.3 Å². The van der Waals surface area contributed by atoms with Crippen molar-refractivity contribution >= 4 is 5.91 Å². The monoisotopic (exact) mass is 404 g/mol. The number of aryl methyl sites for hydroxylation is 1. The molecule has 1 fully saturated rings. The van der Waals surface area contributed by atoms with Gasteiger partial charge in [-0.05, 0) is 18.9 Å². The van der Waals surface area contributed by atoms with Crippen molar-refractivity contribution in [1.82, 2.24) is 10.3 Å². The van der Waals surface area contributed by atoms with Gasteiger partial charge in [0.05, 0.1) is 13.3 Å². The van der Waals surface area contributed by atoms with Gasteiger partial charge in [-0.2, -0.15) is 0 Å². The highest BCUT2D eigenvalue weighted by Gasteiger charge is 2.37. The van der Waals surface area contributed by atoms with Gasteiger partial charge in [0, 0.05) is 35.9 Å². The number of ether oxygens (including phenoxy) is 1. The molecule has 2 aromatic carbocycles. The molecule has 1 aliphatic carbocycles. The maximum atomic E-state index is 12.6. The van der Waals surface area contributed by atoms with Gasteiger partial charge in [-0.25, -0.2) is 4.98 Å². The minimum Gasteiger partial charge on any atom is -0.496 e. The van der Waals surface area contributed by atoms with Crippen molar-refractivity contribution in [2.75, 3.05) is 13.7 Å². The number of nitrogens with zero attached hydrogens (tertiary/aromatic N) is 1. The number of aromatic nitrogens is 1. The van der Waals surface area contributed by atoms with Crippen molar-refractivity contribution in [1.29, 1.82) is 0 Å². The number of hydrogen-bond acceptors (Lipinski definition) is 4. The van der Waals surface area contributed by atoms with Crippen LogP contribution in [0.2, 0.25) is 0 Å². The Labute approximate surface area is 177 Å². The number of amides is 1. The van der Waals surface area contributed by atoms with Crippen LogP contribution in [-0.2, 0) is 16.6 Å². The minimum atomic E-state index is -0.0499. The third kappa shape index (κ3) is 4.40. The molecule has 5 nitrogen and oxygen atoms in total. The summed E-state index contributed by atoms with van der Waals surface area (Å²) >= 11 is 0. The van der Waals surface area contributed by atoms with E-state index < -0.39 is 0 Å². The lowest BCUT2D eigenvalue weighted by atomic mass is 9.78. The molecule has 0 aliphatic heterocycles. The Hall–Kier alpha value is -3.08. The van der Waals surface area contributed by atoms with Crippen LogP contribution in [0.15, 0.2) is 65.2 Å². The van der Waals surface area contributed by atoms with E-state index in [4.69, 9.17) is 9.15 Å². The van der Waals surface area contributed by atoms with Gasteiger partial charge in [-0.15, -0.1) is 0 Å². The Kier molecular flexibility index (Phi) is 6.17. The SMILES string of the molecule is COc1ccccc1C1(CNC(=O)CCc2ncc(-c3ccccc3)o2)CCCC1. The summed E-state index contributed by atoms with van der Waals surface area (Å²) in [6.07, 6.45) is 7.04. The van der Waals surface area contributed by atoms with Crippen molar-refractivity contribution in [3.05, 3.63) is 72.2 Å². The highest BCUT2D eigenvalue weighted by atomic mass is 16.5. The van der Waals surface area contributed by atoms with Crippen LogP contribution in [0.3, 0.4) is 0 Å². The molecule has 156 valence electrons. The number of para-hydroxylation sites is 1. The molecule has 1 amide bonds. The summed E-state index contributed by atoms with van der Waals surface area (Å²) in [5.41, 5.74) is 2.14. The fourth-order valence-corrected chi connectivity index (χ4v) is 4.41. The van der Waals surface area contributed by atoms with Gasteiger partial charge in [-0.1, -0.05) is 61.4 Å². The summed E-state index contributed by atoms with van der Waals surface area (Å²) in [5.74, 6) is 2.24. The molecule has 1 N–H and O–H groups in total. The van der Waals surface area contributed by atoms with E-state index in [0.29, 0.717) is 25.3 Å². The second-order valence-corrected chi connectivity index (χ2v) is 7.95. The fourth-order valence-electron chi connectivity index (χ4n) is 4.41. The molecule has 4 rings (SSSR count). The van der Waals surface area contributed by atoms with E-state index in [0.717, 1.165) is 29.9 Å². The molecule has 1 aromatic heterocycles. The molecule has 1 saturated carbocycles. The van der Waals surface area contributed by atoms with E-state index in [1.807, 2.05) is 48.5 Å². The summed E-state index contributed by atoms with van der Waals surface area (Å²) in [6.45, 7) is 0.632. The van der Waals surface area contributed by atoms with Crippen molar-refractivity contribution < 1.29 is 13.9 Å². The minimum absolute atomic E-state index is 0.0237. The molecule has 30 heavy (non-hydrogen) atoms. The van der Waals surface area contributed by atoms with Gasteiger partial charge in [0.25, 0.3) is 0 Å². The van der Waals surface area contributed by atoms with Crippen molar-refractivity contribution in [3.63, 3.8) is 0 Å². The van der Waals surface area contributed by atoms with Crippen molar-refractivity contribution in [2.45, 2.75) is 43.9 Å². The summed E-state index contributed by atoms with van der Waals surface area (Å²) in [7, 11) is 1.71. The number of methoxy groups -OCH3 is 1. The number of oxazole rings is 1. The van der Waals surface area contributed by atoms with Crippen molar-refractivity contribution in [3.8, 4) is 17.1 Å². The largest absolute Gasteiger partial charge is 0.496 e. The Bertz CT molecular complexity index is 975. The number of carbonyl (C=O) groups is 1. The highest BCUT2D eigenvalue weighted by molar-refractivity contribution is 5.76. The Morgan fingerprint density at radius 3 is 2.60 bits per heavy atom. The van der Waals surface area contributed by atoms with E-state index in [1.54, 1.807) is 13.3 Å². The topological polar surface area (TPSA) is 64.4 Å². The maximum Gasteiger partial charge on any atom is 0.220 e. The first kappa shape index (κ1) is 20.2. The Morgan fingerprint density at radius 2 is 1.83 bits per heavy atom. The maximum absolute atomic E-state index is 12.6. The smallest absolute Gasteiger partial charge is 0.220 e. The zero-order valence-electron chi connectivity index (χ0n) is 17.4. The average Bonchev–Trinajstić information content (AvgIpc) is 3.47. The third-order valence-electron chi connectivity index (χ3n) is 6.04. The highest BCUT2D eigenvalue weighted by Crippen LogP contribution is 2.44. The normalized spacial score (nSPS) is 15.1. The van der Waals surface area contributed by atoms with Crippen LogP contribution in [0, 0.1) is 0 Å². The number of benzene rings is 2. The average molecular weight is 405 g/mol. The first-order chi connectivity index (χ1) is 14.7. The summed E-state index contributed by atoms with van der Waals surface area (Å²) in [6, 6.07) is 18.0. The molecule has 0 atom stereocenters. The van der Waals surface area contributed by atoms with Crippen LogP contribution in [0.1, 0.15) is 43.6 Å². The van der Waals surface area contributed by atoms with Gasteiger partial charge in [0.15, 0.2) is 11.7 Å². The first-order valence-electron chi connectivity index (χ1n) is 10.6. The van der Waals surface area contributed by atoms with E-state index in [2.05, 4.69) is 16.4 Å². The van der Waals surface area contributed by atoms with Gasteiger partial charge in [0.2, 0.25) is 5.91 Å². The van der Waals surface area contributed by atoms with Gasteiger partial charge >= 0.3 is 0 Å². The second kappa shape index (κ2) is 9.16. The van der Waals surface area contributed by atoms with Gasteiger partial charge in [0.1, 0.15) is 5.75 Å². The lowest BCUT2D eigenvalue weighted by Crippen LogP contribution is -2.39. The number of rotatable bonds is 8. The molecule has 1 heterocycles. The standard InChI is InChI=1S/C25H28N2O3/c1-29-21-12-6-5-11-20(21)25(15-7-8-16-25)18-27-23(28)13-14-24-26-17-22(30-24)19-9-3-2-4-10-19/h2-6,9-12,17H,7-8,13-16,18H2,1H3,(H,27,28). The predicted octanol–water partition coefficient (Wildman–Crippen LogP) is 4.91. The molecule has 1 aliphatic rings. The lowest BCUT2D eigenvalue weighted by Gasteiger charge is -2.31. The van der Waals surface area contributed by atoms with Gasteiger partial charge in [-0.3, -0.25) is 4.79 Å². The molecule has 3 aromatic rings. The van der Waals surface area contributed by atoms with Crippen LogP contribution in [0.4, 0.5) is 0 Å².